The second kappa shape index (κ2) is 5.41. The van der Waals surface area contributed by atoms with Crippen LogP contribution in [0.3, 0.4) is 0 Å². The van der Waals surface area contributed by atoms with Gasteiger partial charge in [0.05, 0.1) is 6.61 Å². The molecule has 1 aliphatic heterocycles. The molecule has 1 fully saturated rings. The Morgan fingerprint density at radius 2 is 2.44 bits per heavy atom. The largest absolute Gasteiger partial charge is 0.396 e. The maximum absolute atomic E-state index is 8.76. The third kappa shape index (κ3) is 3.02. The lowest BCUT2D eigenvalue weighted by Gasteiger charge is -2.28. The maximum atomic E-state index is 8.76. The maximum Gasteiger partial charge on any atom is 0.226 e. The Bertz CT molecular complexity index is 327. The SMILES string of the molecule is CN1CCCC(Cc2nc(CCO)no2)C1. The molecule has 0 aliphatic carbocycles. The average molecular weight is 225 g/mol. The molecule has 0 spiro atoms. The highest BCUT2D eigenvalue weighted by Crippen LogP contribution is 2.18. The molecule has 90 valence electrons. The van der Waals surface area contributed by atoms with Gasteiger partial charge in [-0.05, 0) is 32.4 Å². The van der Waals surface area contributed by atoms with Crippen LogP contribution in [0.15, 0.2) is 4.52 Å². The smallest absolute Gasteiger partial charge is 0.226 e. The topological polar surface area (TPSA) is 62.4 Å². The number of likely N-dealkylation sites (tertiary alicyclic amines) is 1. The van der Waals surface area contributed by atoms with E-state index in [4.69, 9.17) is 9.63 Å². The molecule has 1 saturated heterocycles. The summed E-state index contributed by atoms with van der Waals surface area (Å²) >= 11 is 0. The van der Waals surface area contributed by atoms with E-state index in [0.29, 0.717) is 24.1 Å². The standard InChI is InChI=1S/C11H19N3O2/c1-14-5-2-3-9(8-14)7-11-12-10(4-6-15)13-16-11/h9,15H,2-8H2,1H3. The summed E-state index contributed by atoms with van der Waals surface area (Å²) in [5.41, 5.74) is 0. The predicted molar refractivity (Wildman–Crippen MR) is 59.0 cm³/mol. The molecule has 5 heteroatoms. The van der Waals surface area contributed by atoms with Gasteiger partial charge in [-0.1, -0.05) is 5.16 Å². The molecule has 0 saturated carbocycles. The Hall–Kier alpha value is -0.940. The van der Waals surface area contributed by atoms with Gasteiger partial charge < -0.3 is 14.5 Å². The zero-order chi connectivity index (χ0) is 11.4. The van der Waals surface area contributed by atoms with E-state index in [9.17, 15) is 0 Å². The van der Waals surface area contributed by atoms with Gasteiger partial charge in [0.2, 0.25) is 5.89 Å². The number of aromatic nitrogens is 2. The second-order valence-corrected chi connectivity index (χ2v) is 4.55. The first-order valence-electron chi connectivity index (χ1n) is 5.89. The molecule has 0 radical (unpaired) electrons. The average Bonchev–Trinajstić information content (AvgIpc) is 2.66. The second-order valence-electron chi connectivity index (χ2n) is 4.55. The van der Waals surface area contributed by atoms with Crippen molar-refractivity contribution in [2.75, 3.05) is 26.7 Å². The van der Waals surface area contributed by atoms with Crippen LogP contribution in [0.2, 0.25) is 0 Å². The summed E-state index contributed by atoms with van der Waals surface area (Å²) in [6, 6.07) is 0. The van der Waals surface area contributed by atoms with E-state index in [1.165, 1.54) is 19.4 Å². The van der Waals surface area contributed by atoms with E-state index in [-0.39, 0.29) is 6.61 Å². The molecular formula is C11H19N3O2. The van der Waals surface area contributed by atoms with Crippen LogP contribution in [0.4, 0.5) is 0 Å². The first-order chi connectivity index (χ1) is 7.78. The Kier molecular flexibility index (Phi) is 3.90. The third-order valence-electron chi connectivity index (χ3n) is 3.03. The highest BCUT2D eigenvalue weighted by Gasteiger charge is 2.20. The van der Waals surface area contributed by atoms with Gasteiger partial charge in [0.15, 0.2) is 5.82 Å². The lowest BCUT2D eigenvalue weighted by molar-refractivity contribution is 0.198. The number of hydrogen-bond donors (Lipinski definition) is 1. The van der Waals surface area contributed by atoms with Crippen LogP contribution < -0.4 is 0 Å². The summed E-state index contributed by atoms with van der Waals surface area (Å²) in [7, 11) is 2.15. The van der Waals surface area contributed by atoms with E-state index in [1.807, 2.05) is 0 Å². The molecule has 1 aliphatic rings. The lowest BCUT2D eigenvalue weighted by Crippen LogP contribution is -2.33. The van der Waals surface area contributed by atoms with Crippen LogP contribution in [-0.2, 0) is 12.8 Å². The zero-order valence-electron chi connectivity index (χ0n) is 9.72. The molecule has 16 heavy (non-hydrogen) atoms. The fourth-order valence-electron chi connectivity index (χ4n) is 2.26. The van der Waals surface area contributed by atoms with Gasteiger partial charge in [-0.25, -0.2) is 0 Å². The molecule has 5 nitrogen and oxygen atoms in total. The highest BCUT2D eigenvalue weighted by molar-refractivity contribution is 4.89. The number of rotatable bonds is 4. The van der Waals surface area contributed by atoms with Crippen LogP contribution in [0, 0.1) is 5.92 Å². The minimum atomic E-state index is 0.0745. The summed E-state index contributed by atoms with van der Waals surface area (Å²) in [6.45, 7) is 2.37. The minimum Gasteiger partial charge on any atom is -0.396 e. The van der Waals surface area contributed by atoms with Crippen LogP contribution in [0.5, 0.6) is 0 Å². The van der Waals surface area contributed by atoms with Crippen molar-refractivity contribution in [3.8, 4) is 0 Å². The quantitative estimate of drug-likeness (QED) is 0.808. The number of hydrogen-bond acceptors (Lipinski definition) is 5. The van der Waals surface area contributed by atoms with E-state index >= 15 is 0 Å². The summed E-state index contributed by atoms with van der Waals surface area (Å²) in [5.74, 6) is 1.95. The summed E-state index contributed by atoms with van der Waals surface area (Å²) < 4.78 is 5.16. The molecule has 2 rings (SSSR count). The Morgan fingerprint density at radius 1 is 1.56 bits per heavy atom. The van der Waals surface area contributed by atoms with Crippen molar-refractivity contribution in [1.29, 1.82) is 0 Å². The molecule has 0 bridgehead atoms. The van der Waals surface area contributed by atoms with Gasteiger partial charge in [-0.2, -0.15) is 4.98 Å². The van der Waals surface area contributed by atoms with Crippen molar-refractivity contribution in [2.24, 2.45) is 5.92 Å². The van der Waals surface area contributed by atoms with Gasteiger partial charge in [0.1, 0.15) is 0 Å². The summed E-state index contributed by atoms with van der Waals surface area (Å²) in [6.07, 6.45) is 3.83. The lowest BCUT2D eigenvalue weighted by atomic mass is 9.95. The molecular weight excluding hydrogens is 206 g/mol. The van der Waals surface area contributed by atoms with E-state index < -0.39 is 0 Å². The number of piperidine rings is 1. The third-order valence-corrected chi connectivity index (χ3v) is 3.03. The van der Waals surface area contributed by atoms with Crippen molar-refractivity contribution in [3.05, 3.63) is 11.7 Å². The first-order valence-corrected chi connectivity index (χ1v) is 5.89. The van der Waals surface area contributed by atoms with Gasteiger partial charge in [0, 0.05) is 19.4 Å². The monoisotopic (exact) mass is 225 g/mol. The predicted octanol–water partition coefficient (Wildman–Crippen LogP) is 0.489. The molecule has 2 heterocycles. The number of nitrogens with zero attached hydrogens (tertiary/aromatic N) is 3. The number of aliphatic hydroxyl groups is 1. The summed E-state index contributed by atoms with van der Waals surface area (Å²) in [4.78, 5) is 6.61. The van der Waals surface area contributed by atoms with Gasteiger partial charge >= 0.3 is 0 Å². The van der Waals surface area contributed by atoms with Crippen LogP contribution in [0.1, 0.15) is 24.6 Å². The molecule has 1 aromatic heterocycles. The normalized spacial score (nSPS) is 22.5. The zero-order valence-corrected chi connectivity index (χ0v) is 9.72. The van der Waals surface area contributed by atoms with Gasteiger partial charge in [-0.15, -0.1) is 0 Å². The Balaban J connectivity index is 1.87. The van der Waals surface area contributed by atoms with Crippen molar-refractivity contribution >= 4 is 0 Å². The van der Waals surface area contributed by atoms with Crippen LogP contribution in [-0.4, -0.2) is 46.9 Å². The van der Waals surface area contributed by atoms with Crippen molar-refractivity contribution < 1.29 is 9.63 Å². The Labute approximate surface area is 95.4 Å². The molecule has 0 amide bonds. The minimum absolute atomic E-state index is 0.0745. The van der Waals surface area contributed by atoms with E-state index in [2.05, 4.69) is 22.1 Å². The van der Waals surface area contributed by atoms with Crippen molar-refractivity contribution in [1.82, 2.24) is 15.0 Å². The first kappa shape index (κ1) is 11.5. The number of aliphatic hydroxyl groups excluding tert-OH is 1. The van der Waals surface area contributed by atoms with E-state index in [1.54, 1.807) is 0 Å². The fourth-order valence-corrected chi connectivity index (χ4v) is 2.26. The van der Waals surface area contributed by atoms with Gasteiger partial charge in [-0.3, -0.25) is 0 Å². The van der Waals surface area contributed by atoms with E-state index in [0.717, 1.165) is 13.0 Å². The molecule has 0 aromatic carbocycles. The van der Waals surface area contributed by atoms with Crippen LogP contribution >= 0.6 is 0 Å². The molecule has 1 aromatic rings. The molecule has 1 unspecified atom stereocenters. The molecule has 1 atom stereocenters. The van der Waals surface area contributed by atoms with Crippen molar-refractivity contribution in [3.63, 3.8) is 0 Å². The van der Waals surface area contributed by atoms with Crippen molar-refractivity contribution in [2.45, 2.75) is 25.7 Å². The highest BCUT2D eigenvalue weighted by atomic mass is 16.5. The fraction of sp³-hybridized carbons (Fsp3) is 0.818. The Morgan fingerprint density at radius 3 is 3.19 bits per heavy atom. The molecule has 1 N–H and O–H groups in total. The van der Waals surface area contributed by atoms with Gasteiger partial charge in [0.25, 0.3) is 0 Å². The van der Waals surface area contributed by atoms with Crippen LogP contribution in [0.25, 0.3) is 0 Å². The summed E-state index contributed by atoms with van der Waals surface area (Å²) in [5, 5.41) is 12.6.